The highest BCUT2D eigenvalue weighted by Crippen LogP contribution is 2.25. The van der Waals surface area contributed by atoms with Crippen molar-refractivity contribution in [1.82, 2.24) is 9.97 Å². The van der Waals surface area contributed by atoms with Gasteiger partial charge in [-0.15, -0.1) is 0 Å². The molecule has 4 nitrogen and oxygen atoms in total. The molecule has 0 unspecified atom stereocenters. The van der Waals surface area contributed by atoms with Gasteiger partial charge in [0.15, 0.2) is 5.82 Å². The van der Waals surface area contributed by atoms with Gasteiger partial charge in [0, 0.05) is 30.3 Å². The summed E-state index contributed by atoms with van der Waals surface area (Å²) in [6, 6.07) is 7.88. The maximum atomic E-state index is 6.20. The minimum atomic E-state index is 0.383. The average molecular weight is 306 g/mol. The maximum Gasteiger partial charge on any atom is 0.157 e. The summed E-state index contributed by atoms with van der Waals surface area (Å²) in [5.74, 6) is 1.47. The molecule has 1 aromatic carbocycles. The zero-order valence-electron chi connectivity index (χ0n) is 12.6. The van der Waals surface area contributed by atoms with E-state index in [-0.39, 0.29) is 0 Å². The number of methoxy groups -OCH3 is 1. The summed E-state index contributed by atoms with van der Waals surface area (Å²) in [5, 5.41) is 4.03. The van der Waals surface area contributed by atoms with E-state index < -0.39 is 0 Å². The largest absolute Gasteiger partial charge is 0.377 e. The molecular weight excluding hydrogens is 286 g/mol. The fraction of sp³-hybridized carbons (Fsp3) is 0.375. The first-order chi connectivity index (χ1) is 10.1. The Morgan fingerprint density at radius 1 is 1.24 bits per heavy atom. The second-order valence-electron chi connectivity index (χ2n) is 4.88. The van der Waals surface area contributed by atoms with Crippen molar-refractivity contribution in [3.8, 4) is 11.3 Å². The van der Waals surface area contributed by atoms with E-state index in [0.717, 1.165) is 40.6 Å². The monoisotopic (exact) mass is 305 g/mol. The second-order valence-corrected chi connectivity index (χ2v) is 5.29. The van der Waals surface area contributed by atoms with Gasteiger partial charge in [0.1, 0.15) is 12.4 Å². The summed E-state index contributed by atoms with van der Waals surface area (Å²) in [4.78, 5) is 8.98. The molecule has 0 saturated heterocycles. The molecule has 2 aromatic rings. The first-order valence-corrected chi connectivity index (χ1v) is 7.39. The quantitative estimate of drug-likeness (QED) is 0.874. The van der Waals surface area contributed by atoms with Gasteiger partial charge in [-0.3, -0.25) is 0 Å². The van der Waals surface area contributed by atoms with Crippen molar-refractivity contribution in [1.29, 1.82) is 0 Å². The molecule has 0 fully saturated rings. The number of hydrogen-bond acceptors (Lipinski definition) is 4. The molecule has 0 bridgehead atoms. The fourth-order valence-electron chi connectivity index (χ4n) is 1.93. The van der Waals surface area contributed by atoms with E-state index in [0.29, 0.717) is 12.4 Å². The molecule has 0 aliphatic carbocycles. The zero-order chi connectivity index (χ0) is 15.2. The summed E-state index contributed by atoms with van der Waals surface area (Å²) in [5.41, 5.74) is 2.87. The normalized spacial score (nSPS) is 10.7. The molecule has 0 aliphatic heterocycles. The van der Waals surface area contributed by atoms with Gasteiger partial charge in [0.25, 0.3) is 0 Å². The Bertz CT molecular complexity index is 616. The third-order valence-corrected chi connectivity index (χ3v) is 3.48. The van der Waals surface area contributed by atoms with Crippen LogP contribution in [0.15, 0.2) is 24.3 Å². The Labute approximate surface area is 130 Å². The molecular formula is C16H20ClN3O. The van der Waals surface area contributed by atoms with Gasteiger partial charge in [-0.05, 0) is 25.0 Å². The Morgan fingerprint density at radius 3 is 2.71 bits per heavy atom. The number of hydrogen-bond donors (Lipinski definition) is 1. The molecule has 0 saturated carbocycles. The van der Waals surface area contributed by atoms with Gasteiger partial charge in [0.2, 0.25) is 0 Å². The topological polar surface area (TPSA) is 47.0 Å². The molecule has 112 valence electrons. The van der Waals surface area contributed by atoms with Crippen molar-refractivity contribution in [3.05, 3.63) is 40.7 Å². The van der Waals surface area contributed by atoms with Gasteiger partial charge < -0.3 is 10.1 Å². The van der Waals surface area contributed by atoms with Gasteiger partial charge >= 0.3 is 0 Å². The van der Waals surface area contributed by atoms with Crippen LogP contribution in [0.25, 0.3) is 11.3 Å². The van der Waals surface area contributed by atoms with Crippen LogP contribution in [0.5, 0.6) is 0 Å². The average Bonchev–Trinajstić information content (AvgIpc) is 2.48. The lowest BCUT2D eigenvalue weighted by Crippen LogP contribution is -2.06. The standard InChI is InChI=1S/C16H20ClN3O/c1-4-7-18-15-9-14(19-16(20-15)10-21-3)12-6-5-11(2)13(17)8-12/h5-6,8-9H,4,7,10H2,1-3H3,(H,18,19,20). The van der Waals surface area contributed by atoms with E-state index >= 15 is 0 Å². The second kappa shape index (κ2) is 7.38. The lowest BCUT2D eigenvalue weighted by Gasteiger charge is -2.10. The molecule has 0 amide bonds. The number of nitrogens with one attached hydrogen (secondary N) is 1. The number of aryl methyl sites for hydroxylation is 1. The van der Waals surface area contributed by atoms with Crippen molar-refractivity contribution in [2.24, 2.45) is 0 Å². The van der Waals surface area contributed by atoms with Crippen LogP contribution in [0.3, 0.4) is 0 Å². The van der Waals surface area contributed by atoms with Crippen LogP contribution in [0, 0.1) is 6.92 Å². The molecule has 1 N–H and O–H groups in total. The van der Waals surface area contributed by atoms with Crippen molar-refractivity contribution < 1.29 is 4.74 Å². The lowest BCUT2D eigenvalue weighted by molar-refractivity contribution is 0.178. The molecule has 0 spiro atoms. The summed E-state index contributed by atoms with van der Waals surface area (Å²) in [7, 11) is 1.64. The van der Waals surface area contributed by atoms with Gasteiger partial charge in [0.05, 0.1) is 5.69 Å². The summed E-state index contributed by atoms with van der Waals surface area (Å²) in [6.07, 6.45) is 1.04. The van der Waals surface area contributed by atoms with E-state index in [1.807, 2.05) is 31.2 Å². The van der Waals surface area contributed by atoms with Crippen LogP contribution in [0.1, 0.15) is 24.7 Å². The number of nitrogens with zero attached hydrogens (tertiary/aromatic N) is 2. The zero-order valence-corrected chi connectivity index (χ0v) is 13.4. The Hall–Kier alpha value is -1.65. The van der Waals surface area contributed by atoms with Crippen LogP contribution in [0.4, 0.5) is 5.82 Å². The molecule has 21 heavy (non-hydrogen) atoms. The number of benzene rings is 1. The molecule has 2 rings (SSSR count). The first kappa shape index (κ1) is 15.7. The number of rotatable bonds is 6. The summed E-state index contributed by atoms with van der Waals surface area (Å²) in [6.45, 7) is 5.35. The van der Waals surface area contributed by atoms with Crippen molar-refractivity contribution in [3.63, 3.8) is 0 Å². The number of ether oxygens (including phenoxy) is 1. The molecule has 5 heteroatoms. The van der Waals surface area contributed by atoms with E-state index in [9.17, 15) is 0 Å². The highest BCUT2D eigenvalue weighted by atomic mass is 35.5. The van der Waals surface area contributed by atoms with Crippen molar-refractivity contribution in [2.45, 2.75) is 26.9 Å². The van der Waals surface area contributed by atoms with Gasteiger partial charge in [-0.25, -0.2) is 9.97 Å². The van der Waals surface area contributed by atoms with E-state index in [1.165, 1.54) is 0 Å². The molecule has 1 aromatic heterocycles. The highest BCUT2D eigenvalue weighted by molar-refractivity contribution is 6.31. The third-order valence-electron chi connectivity index (χ3n) is 3.07. The third kappa shape index (κ3) is 4.16. The Balaban J connectivity index is 2.40. The number of aromatic nitrogens is 2. The molecule has 0 radical (unpaired) electrons. The van der Waals surface area contributed by atoms with Crippen molar-refractivity contribution >= 4 is 17.4 Å². The highest BCUT2D eigenvalue weighted by Gasteiger charge is 2.08. The van der Waals surface area contributed by atoms with Gasteiger partial charge in [-0.2, -0.15) is 0 Å². The lowest BCUT2D eigenvalue weighted by atomic mass is 10.1. The summed E-state index contributed by atoms with van der Waals surface area (Å²) < 4.78 is 5.14. The van der Waals surface area contributed by atoms with Crippen molar-refractivity contribution in [2.75, 3.05) is 19.0 Å². The van der Waals surface area contributed by atoms with Crippen LogP contribution < -0.4 is 5.32 Å². The number of halogens is 1. The van der Waals surface area contributed by atoms with Crippen LogP contribution in [0.2, 0.25) is 5.02 Å². The van der Waals surface area contributed by atoms with Crippen LogP contribution in [-0.4, -0.2) is 23.6 Å². The van der Waals surface area contributed by atoms with E-state index in [1.54, 1.807) is 7.11 Å². The predicted octanol–water partition coefficient (Wildman–Crippen LogP) is 4.07. The fourth-order valence-corrected chi connectivity index (χ4v) is 2.12. The Morgan fingerprint density at radius 2 is 2.05 bits per heavy atom. The van der Waals surface area contributed by atoms with Crippen LogP contribution in [-0.2, 0) is 11.3 Å². The molecule has 1 heterocycles. The molecule has 0 aliphatic rings. The predicted molar refractivity (Wildman–Crippen MR) is 86.7 cm³/mol. The van der Waals surface area contributed by atoms with E-state index in [2.05, 4.69) is 22.2 Å². The van der Waals surface area contributed by atoms with Crippen LogP contribution >= 0.6 is 11.6 Å². The van der Waals surface area contributed by atoms with E-state index in [4.69, 9.17) is 16.3 Å². The minimum Gasteiger partial charge on any atom is -0.377 e. The number of anilines is 1. The van der Waals surface area contributed by atoms with Gasteiger partial charge in [-0.1, -0.05) is 30.7 Å². The SMILES string of the molecule is CCCNc1cc(-c2ccc(C)c(Cl)c2)nc(COC)n1. The summed E-state index contributed by atoms with van der Waals surface area (Å²) >= 11 is 6.20. The Kier molecular flexibility index (Phi) is 5.53. The molecule has 0 atom stereocenters. The smallest absolute Gasteiger partial charge is 0.157 e. The first-order valence-electron chi connectivity index (χ1n) is 7.01. The minimum absolute atomic E-state index is 0.383. The maximum absolute atomic E-state index is 6.20.